The molecule has 0 amide bonds. The van der Waals surface area contributed by atoms with Gasteiger partial charge in [0.1, 0.15) is 5.58 Å². The van der Waals surface area contributed by atoms with Crippen LogP contribution in [0.1, 0.15) is 22.3 Å². The number of halogens is 1. The highest BCUT2D eigenvalue weighted by Crippen LogP contribution is 2.33. The van der Waals surface area contributed by atoms with Crippen molar-refractivity contribution >= 4 is 22.6 Å². The van der Waals surface area contributed by atoms with Crippen LogP contribution in [-0.2, 0) is 13.1 Å². The van der Waals surface area contributed by atoms with Crippen molar-refractivity contribution in [2.75, 3.05) is 33.0 Å². The van der Waals surface area contributed by atoms with Crippen molar-refractivity contribution in [1.29, 1.82) is 0 Å². The van der Waals surface area contributed by atoms with Crippen molar-refractivity contribution in [3.05, 3.63) is 68.0 Å². The first-order valence-corrected chi connectivity index (χ1v) is 10.9. The summed E-state index contributed by atoms with van der Waals surface area (Å²) in [5.74, 6) is 1.65. The summed E-state index contributed by atoms with van der Waals surface area (Å²) in [5.41, 5.74) is 4.40. The van der Waals surface area contributed by atoms with Crippen LogP contribution in [0, 0.1) is 13.8 Å². The first-order valence-electron chi connectivity index (χ1n) is 10.5. The van der Waals surface area contributed by atoms with Crippen LogP contribution in [0.3, 0.4) is 0 Å². The zero-order chi connectivity index (χ0) is 21.5. The molecule has 1 aromatic heterocycles. The number of ether oxygens (including phenoxy) is 2. The molecule has 0 atom stereocenters. The van der Waals surface area contributed by atoms with Crippen molar-refractivity contribution < 1.29 is 13.9 Å². The first kappa shape index (κ1) is 20.4. The van der Waals surface area contributed by atoms with Gasteiger partial charge < -0.3 is 13.9 Å². The quantitative estimate of drug-likeness (QED) is 0.569. The molecule has 0 N–H and O–H groups in total. The third-order valence-electron chi connectivity index (χ3n) is 6.17. The van der Waals surface area contributed by atoms with Crippen molar-refractivity contribution in [2.24, 2.45) is 0 Å². The maximum atomic E-state index is 12.1. The number of fused-ring (bicyclic) bond motifs is 2. The SMILES string of the molecule is Cc1cc2oc(=O)cc(CN3CCN(Cc4ccc5c(c4)OCO5)CC3)c2c(C)c1Cl. The molecular formula is C24H25ClN2O4. The summed E-state index contributed by atoms with van der Waals surface area (Å²) in [5, 5.41) is 1.69. The third kappa shape index (κ3) is 4.03. The molecular weight excluding hydrogens is 416 g/mol. The standard InChI is InChI=1S/C24H25ClN2O4/c1-15-9-21-23(16(2)24(15)25)18(11-22(28)31-21)13-27-7-5-26(6-8-27)12-17-3-4-19-20(10-17)30-14-29-19/h3-4,9-11H,5-8,12-14H2,1-2H3. The Bertz CT molecular complexity index is 1200. The molecule has 31 heavy (non-hydrogen) atoms. The van der Waals surface area contributed by atoms with Gasteiger partial charge in [-0.3, -0.25) is 9.80 Å². The summed E-state index contributed by atoms with van der Waals surface area (Å²) in [7, 11) is 0. The topological polar surface area (TPSA) is 55.2 Å². The van der Waals surface area contributed by atoms with Gasteiger partial charge in [-0.1, -0.05) is 17.7 Å². The summed E-state index contributed by atoms with van der Waals surface area (Å²) in [6.07, 6.45) is 0. The van der Waals surface area contributed by atoms with Gasteiger partial charge in [0.2, 0.25) is 6.79 Å². The van der Waals surface area contributed by atoms with Crippen LogP contribution in [0.2, 0.25) is 5.02 Å². The molecule has 2 aliphatic rings. The maximum Gasteiger partial charge on any atom is 0.336 e. The normalized spacial score (nSPS) is 16.9. The molecule has 1 fully saturated rings. The smallest absolute Gasteiger partial charge is 0.336 e. The van der Waals surface area contributed by atoms with E-state index in [0.717, 1.165) is 71.3 Å². The van der Waals surface area contributed by atoms with E-state index in [1.807, 2.05) is 26.0 Å². The highest BCUT2D eigenvalue weighted by Gasteiger charge is 2.21. The number of hydrogen-bond donors (Lipinski definition) is 0. The Labute approximate surface area is 185 Å². The van der Waals surface area contributed by atoms with E-state index >= 15 is 0 Å². The largest absolute Gasteiger partial charge is 0.454 e. The summed E-state index contributed by atoms with van der Waals surface area (Å²) in [6.45, 7) is 9.62. The monoisotopic (exact) mass is 440 g/mol. The number of benzene rings is 2. The van der Waals surface area contributed by atoms with Gasteiger partial charge in [-0.2, -0.15) is 0 Å². The minimum Gasteiger partial charge on any atom is -0.454 e. The molecule has 2 aliphatic heterocycles. The molecule has 0 unspecified atom stereocenters. The zero-order valence-electron chi connectivity index (χ0n) is 17.7. The second kappa shape index (κ2) is 8.19. The molecule has 3 heterocycles. The Kier molecular flexibility index (Phi) is 5.38. The highest BCUT2D eigenvalue weighted by molar-refractivity contribution is 6.33. The average molecular weight is 441 g/mol. The van der Waals surface area contributed by atoms with E-state index in [1.54, 1.807) is 6.07 Å². The second-order valence-electron chi connectivity index (χ2n) is 8.34. The number of rotatable bonds is 4. The van der Waals surface area contributed by atoms with Crippen LogP contribution < -0.4 is 15.1 Å². The number of aryl methyl sites for hydroxylation is 2. The predicted octanol–water partition coefficient (Wildman–Crippen LogP) is 4.11. The number of piperazine rings is 1. The lowest BCUT2D eigenvalue weighted by Gasteiger charge is -2.35. The molecule has 3 aromatic rings. The Morgan fingerprint density at radius 2 is 1.65 bits per heavy atom. The van der Waals surface area contributed by atoms with E-state index in [9.17, 15) is 4.79 Å². The van der Waals surface area contributed by atoms with Gasteiger partial charge in [-0.05, 0) is 54.3 Å². The van der Waals surface area contributed by atoms with Crippen LogP contribution in [-0.4, -0.2) is 42.8 Å². The molecule has 5 rings (SSSR count). The average Bonchev–Trinajstić information content (AvgIpc) is 3.21. The van der Waals surface area contributed by atoms with E-state index in [1.165, 1.54) is 5.56 Å². The third-order valence-corrected chi connectivity index (χ3v) is 6.75. The van der Waals surface area contributed by atoms with Crippen molar-refractivity contribution in [1.82, 2.24) is 9.80 Å². The predicted molar refractivity (Wildman–Crippen MR) is 120 cm³/mol. The Hall–Kier alpha value is -2.54. The zero-order valence-corrected chi connectivity index (χ0v) is 18.5. The van der Waals surface area contributed by atoms with Gasteiger partial charge in [0.15, 0.2) is 11.5 Å². The van der Waals surface area contributed by atoms with Crippen LogP contribution >= 0.6 is 11.6 Å². The fraction of sp³-hybridized carbons (Fsp3) is 0.375. The summed E-state index contributed by atoms with van der Waals surface area (Å²) in [6, 6.07) is 9.62. The molecule has 0 saturated carbocycles. The van der Waals surface area contributed by atoms with E-state index in [-0.39, 0.29) is 5.63 Å². The van der Waals surface area contributed by atoms with Crippen molar-refractivity contribution in [3.63, 3.8) is 0 Å². The van der Waals surface area contributed by atoms with Gasteiger partial charge >= 0.3 is 5.63 Å². The molecule has 162 valence electrons. The minimum atomic E-state index is -0.315. The minimum absolute atomic E-state index is 0.300. The molecule has 0 radical (unpaired) electrons. The highest BCUT2D eigenvalue weighted by atomic mass is 35.5. The van der Waals surface area contributed by atoms with Gasteiger partial charge in [0.25, 0.3) is 0 Å². The van der Waals surface area contributed by atoms with E-state index in [0.29, 0.717) is 18.9 Å². The molecule has 0 spiro atoms. The van der Waals surface area contributed by atoms with Crippen LogP contribution in [0.25, 0.3) is 11.0 Å². The van der Waals surface area contributed by atoms with E-state index in [2.05, 4.69) is 21.9 Å². The maximum absolute atomic E-state index is 12.1. The lowest BCUT2D eigenvalue weighted by atomic mass is 10.0. The van der Waals surface area contributed by atoms with E-state index < -0.39 is 0 Å². The number of nitrogens with zero attached hydrogens (tertiary/aromatic N) is 2. The fourth-order valence-electron chi connectivity index (χ4n) is 4.52. The summed E-state index contributed by atoms with van der Waals surface area (Å²) < 4.78 is 16.3. The molecule has 2 aromatic carbocycles. The van der Waals surface area contributed by atoms with Crippen LogP contribution in [0.15, 0.2) is 39.5 Å². The van der Waals surface area contributed by atoms with Crippen molar-refractivity contribution in [2.45, 2.75) is 26.9 Å². The van der Waals surface area contributed by atoms with E-state index in [4.69, 9.17) is 25.5 Å². The fourth-order valence-corrected chi connectivity index (χ4v) is 4.67. The Morgan fingerprint density at radius 3 is 2.42 bits per heavy atom. The molecule has 6 nitrogen and oxygen atoms in total. The van der Waals surface area contributed by atoms with Gasteiger partial charge in [-0.25, -0.2) is 4.79 Å². The number of hydrogen-bond acceptors (Lipinski definition) is 6. The summed E-state index contributed by atoms with van der Waals surface area (Å²) >= 11 is 6.49. The molecule has 7 heteroatoms. The van der Waals surface area contributed by atoms with Gasteiger partial charge in [0, 0.05) is 55.7 Å². The Balaban J connectivity index is 1.28. The summed E-state index contributed by atoms with van der Waals surface area (Å²) in [4.78, 5) is 17.0. The first-order chi connectivity index (χ1) is 15.0. The lowest BCUT2D eigenvalue weighted by molar-refractivity contribution is 0.122. The van der Waals surface area contributed by atoms with Gasteiger partial charge in [-0.15, -0.1) is 0 Å². The van der Waals surface area contributed by atoms with Gasteiger partial charge in [0.05, 0.1) is 0 Å². The van der Waals surface area contributed by atoms with Crippen LogP contribution in [0.5, 0.6) is 11.5 Å². The second-order valence-corrected chi connectivity index (χ2v) is 8.71. The lowest BCUT2D eigenvalue weighted by Crippen LogP contribution is -2.45. The molecule has 1 saturated heterocycles. The van der Waals surface area contributed by atoms with Crippen molar-refractivity contribution in [3.8, 4) is 11.5 Å². The van der Waals surface area contributed by atoms with Crippen LogP contribution in [0.4, 0.5) is 0 Å². The molecule has 0 aliphatic carbocycles. The molecule has 0 bridgehead atoms. The Morgan fingerprint density at radius 1 is 0.935 bits per heavy atom.